The van der Waals surface area contributed by atoms with Gasteiger partial charge in [-0.15, -0.1) is 10.2 Å². The second-order valence-corrected chi connectivity index (χ2v) is 7.68. The summed E-state index contributed by atoms with van der Waals surface area (Å²) in [5, 5.41) is 18.7. The van der Waals surface area contributed by atoms with E-state index in [1.807, 2.05) is 13.0 Å². The number of nitrogens with zero attached hydrogens (tertiary/aromatic N) is 4. The van der Waals surface area contributed by atoms with E-state index in [-0.39, 0.29) is 17.7 Å². The van der Waals surface area contributed by atoms with Crippen molar-refractivity contribution < 1.29 is 23.0 Å². The van der Waals surface area contributed by atoms with Crippen LogP contribution in [0.25, 0.3) is 11.3 Å². The van der Waals surface area contributed by atoms with Gasteiger partial charge in [-0.2, -0.15) is 13.2 Å². The average molecular weight is 408 g/mol. The first-order chi connectivity index (χ1) is 13.7. The highest BCUT2D eigenvalue weighted by Crippen LogP contribution is 2.37. The minimum Gasteiger partial charge on any atom is -0.507 e. The van der Waals surface area contributed by atoms with Crippen LogP contribution in [0.5, 0.6) is 5.75 Å². The molecule has 0 amide bonds. The van der Waals surface area contributed by atoms with E-state index in [2.05, 4.69) is 27.0 Å². The predicted molar refractivity (Wildman–Crippen MR) is 102 cm³/mol. The molecular weight excluding hydrogens is 385 g/mol. The maximum atomic E-state index is 12.8. The van der Waals surface area contributed by atoms with Gasteiger partial charge in [-0.05, 0) is 50.2 Å². The fourth-order valence-electron chi connectivity index (χ4n) is 4.10. The fraction of sp³-hybridized carbons (Fsp3) is 0.500. The van der Waals surface area contributed by atoms with Gasteiger partial charge in [-0.25, -0.2) is 0 Å². The molecule has 1 N–H and O–H groups in total. The number of aromatic nitrogens is 2. The molecule has 6 nitrogen and oxygen atoms in total. The van der Waals surface area contributed by atoms with Gasteiger partial charge in [0.2, 0.25) is 0 Å². The minimum atomic E-state index is -4.51. The number of piperidine rings is 1. The van der Waals surface area contributed by atoms with Crippen LogP contribution in [0.3, 0.4) is 0 Å². The van der Waals surface area contributed by atoms with Crippen LogP contribution in [0.15, 0.2) is 24.3 Å². The van der Waals surface area contributed by atoms with Gasteiger partial charge in [0, 0.05) is 25.2 Å². The van der Waals surface area contributed by atoms with Crippen LogP contribution in [0.4, 0.5) is 19.0 Å². The van der Waals surface area contributed by atoms with E-state index < -0.39 is 17.5 Å². The van der Waals surface area contributed by atoms with Crippen molar-refractivity contribution in [1.29, 1.82) is 0 Å². The topological polar surface area (TPSA) is 61.7 Å². The van der Waals surface area contributed by atoms with E-state index in [0.29, 0.717) is 24.7 Å². The Morgan fingerprint density at radius 3 is 2.66 bits per heavy atom. The van der Waals surface area contributed by atoms with Crippen molar-refractivity contribution in [3.63, 3.8) is 0 Å². The third kappa shape index (κ3) is 3.89. The van der Waals surface area contributed by atoms with E-state index in [9.17, 15) is 18.3 Å². The minimum absolute atomic E-state index is 0.153. The summed E-state index contributed by atoms with van der Waals surface area (Å²) < 4.78 is 44.5. The summed E-state index contributed by atoms with van der Waals surface area (Å²) >= 11 is 0. The molecule has 0 radical (unpaired) electrons. The molecule has 0 spiro atoms. The molecule has 2 fully saturated rings. The summed E-state index contributed by atoms with van der Waals surface area (Å²) in [4.78, 5) is 4.46. The SMILES string of the molecule is Cc1cc(N2CCO[C@@H]3CCN(C)C[C@@H]32)nnc1-c1ccc(C(F)(F)F)cc1O. The van der Waals surface area contributed by atoms with E-state index in [1.54, 1.807) is 0 Å². The highest BCUT2D eigenvalue weighted by molar-refractivity contribution is 5.70. The first-order valence-electron chi connectivity index (χ1n) is 9.56. The van der Waals surface area contributed by atoms with Gasteiger partial charge in [0.25, 0.3) is 0 Å². The Morgan fingerprint density at radius 2 is 1.97 bits per heavy atom. The molecule has 156 valence electrons. The zero-order valence-electron chi connectivity index (χ0n) is 16.3. The lowest BCUT2D eigenvalue weighted by atomic mass is 9.98. The molecule has 2 aliphatic heterocycles. The lowest BCUT2D eigenvalue weighted by molar-refractivity contribution is -0.137. The molecule has 2 aromatic rings. The predicted octanol–water partition coefficient (Wildman–Crippen LogP) is 3.09. The summed E-state index contributed by atoms with van der Waals surface area (Å²) in [6.07, 6.45) is -3.40. The number of likely N-dealkylation sites (tertiary alicyclic amines) is 1. The van der Waals surface area contributed by atoms with Crippen LogP contribution in [0.1, 0.15) is 17.5 Å². The number of morpholine rings is 1. The summed E-state index contributed by atoms with van der Waals surface area (Å²) in [7, 11) is 2.08. The van der Waals surface area contributed by atoms with Crippen LogP contribution in [0.2, 0.25) is 0 Å². The Balaban J connectivity index is 1.63. The third-order valence-electron chi connectivity index (χ3n) is 5.63. The quantitative estimate of drug-likeness (QED) is 0.824. The van der Waals surface area contributed by atoms with Crippen molar-refractivity contribution in [2.45, 2.75) is 31.7 Å². The van der Waals surface area contributed by atoms with Crippen LogP contribution in [-0.2, 0) is 10.9 Å². The van der Waals surface area contributed by atoms with Crippen molar-refractivity contribution in [1.82, 2.24) is 15.1 Å². The first-order valence-corrected chi connectivity index (χ1v) is 9.56. The average Bonchev–Trinajstić information content (AvgIpc) is 2.67. The van der Waals surface area contributed by atoms with Gasteiger partial charge >= 0.3 is 6.18 Å². The summed E-state index contributed by atoms with van der Waals surface area (Å²) in [5.41, 5.74) is 0.427. The molecule has 2 atom stereocenters. The van der Waals surface area contributed by atoms with Crippen LogP contribution < -0.4 is 4.90 Å². The number of aromatic hydroxyl groups is 1. The second-order valence-electron chi connectivity index (χ2n) is 7.68. The van der Waals surface area contributed by atoms with E-state index >= 15 is 0 Å². The molecule has 0 aliphatic carbocycles. The van der Waals surface area contributed by atoms with Crippen LogP contribution in [-0.4, -0.2) is 65.6 Å². The molecule has 1 aromatic carbocycles. The standard InChI is InChI=1S/C20H23F3N4O2/c1-12-9-18(27-7-8-29-17-5-6-26(2)11-15(17)27)24-25-19(12)14-4-3-13(10-16(14)28)20(21,22)23/h3-4,9-10,15,17,28H,5-8,11H2,1-2H3/t15-,17+/m0/s1. The van der Waals surface area contributed by atoms with Crippen molar-refractivity contribution in [3.8, 4) is 17.0 Å². The van der Waals surface area contributed by atoms with Crippen molar-refractivity contribution in [2.24, 2.45) is 0 Å². The van der Waals surface area contributed by atoms with Gasteiger partial charge in [-0.3, -0.25) is 0 Å². The number of benzene rings is 1. The number of hydrogen-bond acceptors (Lipinski definition) is 6. The largest absolute Gasteiger partial charge is 0.507 e. The molecule has 2 aliphatic rings. The Bertz CT molecular complexity index is 906. The molecule has 0 unspecified atom stereocenters. The lowest BCUT2D eigenvalue weighted by Gasteiger charge is -2.46. The molecule has 0 saturated carbocycles. The maximum Gasteiger partial charge on any atom is 0.416 e. The molecule has 3 heterocycles. The van der Waals surface area contributed by atoms with Gasteiger partial charge in [0.15, 0.2) is 5.82 Å². The Hall–Kier alpha value is -2.39. The highest BCUT2D eigenvalue weighted by Gasteiger charge is 2.37. The zero-order valence-corrected chi connectivity index (χ0v) is 16.3. The van der Waals surface area contributed by atoms with Gasteiger partial charge in [0.05, 0.1) is 30.0 Å². The third-order valence-corrected chi connectivity index (χ3v) is 5.63. The van der Waals surface area contributed by atoms with Crippen LogP contribution in [0, 0.1) is 6.92 Å². The monoisotopic (exact) mass is 408 g/mol. The lowest BCUT2D eigenvalue weighted by Crippen LogP contribution is -2.59. The Kier molecular flexibility index (Phi) is 5.12. The number of aryl methyl sites for hydroxylation is 1. The van der Waals surface area contributed by atoms with E-state index in [0.717, 1.165) is 37.2 Å². The van der Waals surface area contributed by atoms with Gasteiger partial charge in [0.1, 0.15) is 5.75 Å². The molecule has 4 rings (SSSR count). The summed E-state index contributed by atoms with van der Waals surface area (Å²) in [6.45, 7) is 5.00. The molecular formula is C20H23F3N4O2. The molecule has 0 bridgehead atoms. The number of ether oxygens (including phenoxy) is 1. The van der Waals surface area contributed by atoms with Gasteiger partial charge in [-0.1, -0.05) is 0 Å². The summed E-state index contributed by atoms with van der Waals surface area (Å²) in [6, 6.07) is 4.94. The number of fused-ring (bicyclic) bond motifs is 1. The fourth-order valence-corrected chi connectivity index (χ4v) is 4.10. The molecule has 2 saturated heterocycles. The maximum absolute atomic E-state index is 12.8. The van der Waals surface area contributed by atoms with Crippen LogP contribution >= 0.6 is 0 Å². The summed E-state index contributed by atoms with van der Waals surface area (Å²) in [5.74, 6) is 0.247. The van der Waals surface area contributed by atoms with Crippen molar-refractivity contribution in [3.05, 3.63) is 35.4 Å². The zero-order chi connectivity index (χ0) is 20.8. The Labute approximate surface area is 166 Å². The Morgan fingerprint density at radius 1 is 1.17 bits per heavy atom. The normalized spacial score (nSPS) is 23.1. The van der Waals surface area contributed by atoms with E-state index in [4.69, 9.17) is 4.74 Å². The number of phenols is 1. The van der Waals surface area contributed by atoms with Gasteiger partial charge < -0.3 is 19.6 Å². The number of hydrogen-bond donors (Lipinski definition) is 1. The second kappa shape index (κ2) is 7.46. The molecule has 29 heavy (non-hydrogen) atoms. The van der Waals surface area contributed by atoms with Crippen molar-refractivity contribution >= 4 is 5.82 Å². The number of likely N-dealkylation sites (N-methyl/N-ethyl adjacent to an activating group) is 1. The number of phenolic OH excluding ortho intramolecular Hbond substituents is 1. The number of alkyl halides is 3. The van der Waals surface area contributed by atoms with Crippen molar-refractivity contribution in [2.75, 3.05) is 38.2 Å². The number of rotatable bonds is 2. The van der Waals surface area contributed by atoms with E-state index in [1.165, 1.54) is 6.07 Å². The smallest absolute Gasteiger partial charge is 0.416 e. The number of anilines is 1. The number of halogens is 3. The highest BCUT2D eigenvalue weighted by atomic mass is 19.4. The molecule has 9 heteroatoms. The first kappa shape index (κ1) is 19.9. The molecule has 1 aromatic heterocycles.